The van der Waals surface area contributed by atoms with Crippen LogP contribution in [-0.4, -0.2) is 67.3 Å². The number of amidine groups is 1. The molecule has 1 aromatic carbocycles. The maximum atomic E-state index is 15.5. The maximum absolute atomic E-state index is 15.5. The van der Waals surface area contributed by atoms with Crippen molar-refractivity contribution in [1.82, 2.24) is 9.80 Å². The van der Waals surface area contributed by atoms with Gasteiger partial charge in [0.05, 0.1) is 11.9 Å². The highest BCUT2D eigenvalue weighted by Crippen LogP contribution is 2.46. The van der Waals surface area contributed by atoms with Gasteiger partial charge in [0.1, 0.15) is 17.5 Å². The van der Waals surface area contributed by atoms with Gasteiger partial charge in [0, 0.05) is 61.1 Å². The van der Waals surface area contributed by atoms with Gasteiger partial charge >= 0.3 is 0 Å². The molecule has 3 fully saturated rings. The molecule has 2 saturated heterocycles. The Morgan fingerprint density at radius 1 is 1.13 bits per heavy atom. The standard InChI is InChI=1S/C30H40FN5OS/c1-23(34-27-11-4-7-17-35(27)3)25(22-37)24-9-8-10-26(29(24)31)38-20-16-33-28(21-32-2)36-18-14-30(15-19-36)12-5-6-13-30/h8-10,16,21-22H,2,4-7,11-15,17-20H2,1,3H3/b25-23+,28-21+,33-16?,34-27?. The first kappa shape index (κ1) is 28.3. The molecule has 4 rings (SSSR count). The Morgan fingerprint density at radius 2 is 1.89 bits per heavy atom. The van der Waals surface area contributed by atoms with E-state index in [0.29, 0.717) is 28.0 Å². The summed E-state index contributed by atoms with van der Waals surface area (Å²) in [5.41, 5.74) is 1.65. The van der Waals surface area contributed by atoms with E-state index in [9.17, 15) is 4.79 Å². The van der Waals surface area contributed by atoms with E-state index in [1.54, 1.807) is 37.5 Å². The SMILES string of the molecule is C=N/C=C(\N=CCSc1cccc(/C(C=O)=C(\C)N=C2CCCCN2C)c1F)N1CCC2(CCCC2)CC1. The molecule has 6 nitrogen and oxygen atoms in total. The zero-order chi connectivity index (χ0) is 27.0. The summed E-state index contributed by atoms with van der Waals surface area (Å²) in [6.07, 6.45) is 15.2. The molecule has 0 N–H and O–H groups in total. The fourth-order valence-electron chi connectivity index (χ4n) is 5.89. The van der Waals surface area contributed by atoms with Crippen LogP contribution < -0.4 is 0 Å². The van der Waals surface area contributed by atoms with Crippen LogP contribution in [0.3, 0.4) is 0 Å². The molecule has 1 aromatic rings. The number of carbonyl (C=O) groups is 1. The van der Waals surface area contributed by atoms with E-state index < -0.39 is 5.82 Å². The lowest BCUT2D eigenvalue weighted by Crippen LogP contribution is -2.38. The Balaban J connectivity index is 1.42. The van der Waals surface area contributed by atoms with Gasteiger partial charge in [-0.25, -0.2) is 14.4 Å². The van der Waals surface area contributed by atoms with Gasteiger partial charge in [0.2, 0.25) is 0 Å². The Hall–Kier alpha value is -2.74. The number of hydrogen-bond acceptors (Lipinski definition) is 6. The number of likely N-dealkylation sites (tertiary alicyclic amines) is 2. The molecule has 0 aromatic heterocycles. The Bertz CT molecular complexity index is 1130. The number of nitrogens with zero attached hydrogens (tertiary/aromatic N) is 5. The molecular weight excluding hydrogens is 497 g/mol. The molecule has 0 radical (unpaired) electrons. The topological polar surface area (TPSA) is 60.6 Å². The molecule has 1 spiro atoms. The molecular formula is C30H40FN5OS. The lowest BCUT2D eigenvalue weighted by Gasteiger charge is -2.40. The highest BCUT2D eigenvalue weighted by molar-refractivity contribution is 7.99. The normalized spacial score (nSPS) is 21.9. The van der Waals surface area contributed by atoms with Crippen LogP contribution in [0.25, 0.3) is 5.57 Å². The van der Waals surface area contributed by atoms with Crippen molar-refractivity contribution in [3.8, 4) is 0 Å². The van der Waals surface area contributed by atoms with Gasteiger partial charge < -0.3 is 9.80 Å². The summed E-state index contributed by atoms with van der Waals surface area (Å²) in [6.45, 7) is 8.32. The van der Waals surface area contributed by atoms with Crippen molar-refractivity contribution >= 4 is 42.4 Å². The fraction of sp³-hybridized carbons (Fsp3) is 0.533. The minimum atomic E-state index is -0.397. The quantitative estimate of drug-likeness (QED) is 0.154. The van der Waals surface area contributed by atoms with E-state index in [0.717, 1.165) is 50.6 Å². The van der Waals surface area contributed by atoms with Gasteiger partial charge in [-0.1, -0.05) is 25.0 Å². The predicted octanol–water partition coefficient (Wildman–Crippen LogP) is 6.59. The van der Waals surface area contributed by atoms with Crippen molar-refractivity contribution in [2.45, 2.75) is 69.6 Å². The summed E-state index contributed by atoms with van der Waals surface area (Å²) in [4.78, 5) is 30.2. The summed E-state index contributed by atoms with van der Waals surface area (Å²) in [5.74, 6) is 1.86. The summed E-state index contributed by atoms with van der Waals surface area (Å²) in [5, 5.41) is 0. The highest BCUT2D eigenvalue weighted by atomic mass is 32.2. The average molecular weight is 538 g/mol. The molecule has 8 heteroatoms. The van der Waals surface area contributed by atoms with Crippen LogP contribution in [0.1, 0.15) is 70.3 Å². The molecule has 3 aliphatic rings. The summed E-state index contributed by atoms with van der Waals surface area (Å²) >= 11 is 1.36. The average Bonchev–Trinajstić information content (AvgIpc) is 3.37. The highest BCUT2D eigenvalue weighted by Gasteiger charge is 2.37. The lowest BCUT2D eigenvalue weighted by molar-refractivity contribution is -0.103. The molecule has 0 atom stereocenters. The van der Waals surface area contributed by atoms with Crippen LogP contribution in [0.2, 0.25) is 0 Å². The Morgan fingerprint density at radius 3 is 2.58 bits per heavy atom. The Labute approximate surface area is 230 Å². The number of benzene rings is 1. The second kappa shape index (κ2) is 13.4. The minimum absolute atomic E-state index is 0.285. The molecule has 2 heterocycles. The smallest absolute Gasteiger partial charge is 0.152 e. The number of allylic oxidation sites excluding steroid dienone is 2. The number of hydrogen-bond donors (Lipinski definition) is 0. The molecule has 2 aliphatic heterocycles. The third-order valence-electron chi connectivity index (χ3n) is 8.20. The molecule has 1 saturated carbocycles. The van der Waals surface area contributed by atoms with E-state index >= 15 is 4.39 Å². The van der Waals surface area contributed by atoms with E-state index in [4.69, 9.17) is 0 Å². The maximum Gasteiger partial charge on any atom is 0.152 e. The first-order valence-corrected chi connectivity index (χ1v) is 14.7. The van der Waals surface area contributed by atoms with E-state index in [1.165, 1.54) is 50.3 Å². The lowest BCUT2D eigenvalue weighted by atomic mass is 9.77. The van der Waals surface area contributed by atoms with Gasteiger partial charge in [0.25, 0.3) is 0 Å². The first-order chi connectivity index (χ1) is 18.5. The molecule has 0 unspecified atom stereocenters. The number of rotatable bonds is 9. The third-order valence-corrected chi connectivity index (χ3v) is 9.14. The van der Waals surface area contributed by atoms with Crippen molar-refractivity contribution in [3.63, 3.8) is 0 Å². The van der Waals surface area contributed by atoms with Crippen molar-refractivity contribution in [1.29, 1.82) is 0 Å². The molecule has 1 aliphatic carbocycles. The monoisotopic (exact) mass is 537 g/mol. The van der Waals surface area contributed by atoms with E-state index in [1.807, 2.05) is 7.05 Å². The number of halogens is 1. The van der Waals surface area contributed by atoms with Crippen LogP contribution in [0.5, 0.6) is 0 Å². The summed E-state index contributed by atoms with van der Waals surface area (Å²) in [7, 11) is 2.01. The number of aliphatic imine (C=N–C) groups is 3. The van der Waals surface area contributed by atoms with E-state index in [2.05, 4.69) is 31.5 Å². The number of aldehydes is 1. The van der Waals surface area contributed by atoms with Crippen LogP contribution in [0.4, 0.5) is 4.39 Å². The van der Waals surface area contributed by atoms with Crippen molar-refractivity contribution in [2.24, 2.45) is 20.4 Å². The van der Waals surface area contributed by atoms with Gasteiger partial charge in [-0.05, 0) is 63.6 Å². The first-order valence-electron chi connectivity index (χ1n) is 13.8. The van der Waals surface area contributed by atoms with Crippen molar-refractivity contribution in [3.05, 3.63) is 47.3 Å². The number of piperidine rings is 2. The van der Waals surface area contributed by atoms with Gasteiger partial charge in [-0.3, -0.25) is 9.79 Å². The summed E-state index contributed by atoms with van der Waals surface area (Å²) < 4.78 is 15.5. The number of thioether (sulfide) groups is 1. The molecule has 0 bridgehead atoms. The largest absolute Gasteiger partial charge is 0.363 e. The van der Waals surface area contributed by atoms with Crippen molar-refractivity contribution < 1.29 is 9.18 Å². The zero-order valence-corrected chi connectivity index (χ0v) is 23.6. The van der Waals surface area contributed by atoms with Gasteiger partial charge in [0.15, 0.2) is 6.29 Å². The second-order valence-electron chi connectivity index (χ2n) is 10.6. The third kappa shape index (κ3) is 6.82. The molecule has 0 amide bonds. The van der Waals surface area contributed by atoms with Crippen LogP contribution in [-0.2, 0) is 4.79 Å². The van der Waals surface area contributed by atoms with Crippen molar-refractivity contribution in [2.75, 3.05) is 32.4 Å². The van der Waals surface area contributed by atoms with Crippen LogP contribution >= 0.6 is 11.8 Å². The van der Waals surface area contributed by atoms with E-state index in [-0.39, 0.29) is 11.1 Å². The minimum Gasteiger partial charge on any atom is -0.363 e. The van der Waals surface area contributed by atoms with Crippen LogP contribution in [0, 0.1) is 11.2 Å². The van der Waals surface area contributed by atoms with Gasteiger partial charge in [-0.2, -0.15) is 0 Å². The predicted molar refractivity (Wildman–Crippen MR) is 158 cm³/mol. The van der Waals surface area contributed by atoms with Gasteiger partial charge in [-0.15, -0.1) is 11.8 Å². The summed E-state index contributed by atoms with van der Waals surface area (Å²) in [6, 6.07) is 5.17. The number of carbonyl (C=O) groups excluding carboxylic acids is 1. The molecule has 38 heavy (non-hydrogen) atoms. The van der Waals surface area contributed by atoms with Crippen LogP contribution in [0.15, 0.2) is 55.8 Å². The Kier molecular flexibility index (Phi) is 9.94. The molecule has 204 valence electrons. The second-order valence-corrected chi connectivity index (χ2v) is 11.7. The fourth-order valence-corrected chi connectivity index (χ4v) is 6.63. The zero-order valence-electron chi connectivity index (χ0n) is 22.8.